The maximum atomic E-state index is 13.1. The van der Waals surface area contributed by atoms with Crippen molar-refractivity contribution in [2.24, 2.45) is 5.92 Å². The summed E-state index contributed by atoms with van der Waals surface area (Å²) in [5, 5.41) is 10.6. The van der Waals surface area contributed by atoms with Crippen molar-refractivity contribution < 1.29 is 80.2 Å². The van der Waals surface area contributed by atoms with Crippen LogP contribution < -0.4 is 0 Å². The third-order valence-corrected chi connectivity index (χ3v) is 20.2. The van der Waals surface area contributed by atoms with Crippen LogP contribution in [0.2, 0.25) is 0 Å². The molecule has 0 aromatic rings. The molecule has 0 saturated carbocycles. The fraction of sp³-hybridized carbons (Fsp3) is 0.949. The van der Waals surface area contributed by atoms with E-state index in [2.05, 4.69) is 34.6 Å². The van der Waals surface area contributed by atoms with E-state index < -0.39 is 97.5 Å². The van der Waals surface area contributed by atoms with Gasteiger partial charge in [-0.15, -0.1) is 0 Å². The van der Waals surface area contributed by atoms with Crippen molar-refractivity contribution in [1.29, 1.82) is 0 Å². The zero-order valence-corrected chi connectivity index (χ0v) is 65.0. The molecule has 0 radical (unpaired) electrons. The number of carbonyl (C=O) groups is 4. The van der Waals surface area contributed by atoms with Crippen molar-refractivity contribution in [2.45, 2.75) is 432 Å². The third kappa shape index (κ3) is 72.2. The van der Waals surface area contributed by atoms with Crippen LogP contribution in [0.3, 0.4) is 0 Å². The molecular weight excluding hydrogens is 1270 g/mol. The number of hydrogen-bond acceptors (Lipinski definition) is 15. The Balaban J connectivity index is 5.20. The molecule has 97 heavy (non-hydrogen) atoms. The number of rotatable bonds is 78. The molecule has 576 valence electrons. The summed E-state index contributed by atoms with van der Waals surface area (Å²) in [4.78, 5) is 72.8. The standard InChI is InChI=1S/C78H152O17P2/c1-6-9-12-15-18-21-24-26-28-30-31-32-34-36-38-40-43-48-53-58-63-77(82)94-73(67-89-76(81)62-57-52-47-42-39-37-35-33-29-27-25-22-19-16-13-10-7-2)69-92-96(84,85)90-65-72(79)66-91-97(86,87)93-70-74(95-78(83)64-59-54-49-44-45-50-55-60-71(4)5)68-88-75(80)61-56-51-46-41-23-20-17-14-11-8-3/h71-74,79H,6-70H2,1-5H3,(H,84,85)(H,86,87)/t72-,73-,74-/m1/s1. The van der Waals surface area contributed by atoms with Gasteiger partial charge in [-0.05, 0) is 31.6 Å². The summed E-state index contributed by atoms with van der Waals surface area (Å²) < 4.78 is 68.5. The number of hydrogen-bond donors (Lipinski definition) is 3. The molecule has 0 aromatic carbocycles. The molecule has 17 nitrogen and oxygen atoms in total. The van der Waals surface area contributed by atoms with Crippen molar-refractivity contribution in [1.82, 2.24) is 0 Å². The van der Waals surface area contributed by atoms with Gasteiger partial charge < -0.3 is 33.8 Å². The van der Waals surface area contributed by atoms with Crippen LogP contribution in [0.1, 0.15) is 413 Å². The lowest BCUT2D eigenvalue weighted by atomic mass is 10.0. The molecule has 2 unspecified atom stereocenters. The highest BCUT2D eigenvalue weighted by molar-refractivity contribution is 7.47. The van der Waals surface area contributed by atoms with Crippen molar-refractivity contribution in [2.75, 3.05) is 39.6 Å². The minimum Gasteiger partial charge on any atom is -0.462 e. The van der Waals surface area contributed by atoms with E-state index in [1.807, 2.05) is 0 Å². The van der Waals surface area contributed by atoms with Gasteiger partial charge in [-0.1, -0.05) is 362 Å². The molecule has 0 spiro atoms. The van der Waals surface area contributed by atoms with Crippen LogP contribution in [0.15, 0.2) is 0 Å². The van der Waals surface area contributed by atoms with Gasteiger partial charge in [0.2, 0.25) is 0 Å². The summed E-state index contributed by atoms with van der Waals surface area (Å²) in [6.07, 6.45) is 61.2. The van der Waals surface area contributed by atoms with Crippen LogP contribution >= 0.6 is 15.6 Å². The normalized spacial score (nSPS) is 13.9. The van der Waals surface area contributed by atoms with E-state index in [-0.39, 0.29) is 25.7 Å². The van der Waals surface area contributed by atoms with Crippen LogP contribution in [0.4, 0.5) is 0 Å². The first kappa shape index (κ1) is 95.1. The van der Waals surface area contributed by atoms with E-state index >= 15 is 0 Å². The third-order valence-electron chi connectivity index (χ3n) is 18.3. The van der Waals surface area contributed by atoms with Gasteiger partial charge in [0.25, 0.3) is 0 Å². The Morgan fingerprint density at radius 3 is 0.701 bits per heavy atom. The number of phosphoric ester groups is 2. The highest BCUT2D eigenvalue weighted by Crippen LogP contribution is 2.45. The molecule has 3 N–H and O–H groups in total. The van der Waals surface area contributed by atoms with Gasteiger partial charge in [-0.25, -0.2) is 9.13 Å². The Morgan fingerprint density at radius 2 is 0.474 bits per heavy atom. The molecule has 19 heteroatoms. The maximum Gasteiger partial charge on any atom is 0.472 e. The molecule has 0 aromatic heterocycles. The molecule has 0 fully saturated rings. The first-order valence-corrected chi connectivity index (χ1v) is 43.6. The van der Waals surface area contributed by atoms with Crippen LogP contribution in [-0.4, -0.2) is 96.7 Å². The first-order chi connectivity index (χ1) is 47.0. The molecule has 0 saturated heterocycles. The molecule has 0 heterocycles. The predicted octanol–water partition coefficient (Wildman–Crippen LogP) is 23.3. The summed E-state index contributed by atoms with van der Waals surface area (Å²) in [7, 11) is -9.91. The van der Waals surface area contributed by atoms with E-state index in [0.717, 1.165) is 89.9 Å². The van der Waals surface area contributed by atoms with Gasteiger partial charge in [-0.3, -0.25) is 37.3 Å². The van der Waals surface area contributed by atoms with Crippen LogP contribution in [0.25, 0.3) is 0 Å². The lowest BCUT2D eigenvalue weighted by Gasteiger charge is -2.21. The van der Waals surface area contributed by atoms with E-state index in [1.165, 1.54) is 238 Å². The molecule has 0 aliphatic carbocycles. The van der Waals surface area contributed by atoms with Crippen molar-refractivity contribution in [3.63, 3.8) is 0 Å². The predicted molar refractivity (Wildman–Crippen MR) is 395 cm³/mol. The van der Waals surface area contributed by atoms with Crippen LogP contribution in [0, 0.1) is 5.92 Å². The van der Waals surface area contributed by atoms with Crippen LogP contribution in [-0.2, 0) is 65.4 Å². The molecule has 5 atom stereocenters. The number of esters is 4. The summed E-state index contributed by atoms with van der Waals surface area (Å²) in [6.45, 7) is 7.23. The van der Waals surface area contributed by atoms with E-state index in [0.29, 0.717) is 31.6 Å². The largest absolute Gasteiger partial charge is 0.472 e. The maximum absolute atomic E-state index is 13.1. The lowest BCUT2D eigenvalue weighted by molar-refractivity contribution is -0.161. The average molecular weight is 1420 g/mol. The Kier molecular flexibility index (Phi) is 69.6. The molecule has 0 aliphatic heterocycles. The second-order valence-corrected chi connectivity index (χ2v) is 31.5. The molecule has 0 bridgehead atoms. The van der Waals surface area contributed by atoms with E-state index in [1.54, 1.807) is 0 Å². The summed E-state index contributed by atoms with van der Waals surface area (Å²) >= 11 is 0. The first-order valence-electron chi connectivity index (χ1n) is 40.6. The topological polar surface area (TPSA) is 237 Å². The minimum absolute atomic E-state index is 0.104. The molecule has 0 amide bonds. The monoisotopic (exact) mass is 1420 g/mol. The van der Waals surface area contributed by atoms with Gasteiger partial charge in [-0.2, -0.15) is 0 Å². The quantitative estimate of drug-likeness (QED) is 0.0222. The molecule has 0 aliphatic rings. The second kappa shape index (κ2) is 71.1. The average Bonchev–Trinajstić information content (AvgIpc) is 1.18. The van der Waals surface area contributed by atoms with Gasteiger partial charge in [0.15, 0.2) is 12.2 Å². The molecule has 0 rings (SSSR count). The highest BCUT2D eigenvalue weighted by Gasteiger charge is 2.30. The fourth-order valence-corrected chi connectivity index (χ4v) is 13.6. The Bertz CT molecular complexity index is 1860. The van der Waals surface area contributed by atoms with Gasteiger partial charge in [0, 0.05) is 25.7 Å². The SMILES string of the molecule is CCCCCCCCCCCCCCCCCCCCCCC(=O)O[C@H](COC(=O)CCCCCCCCCCCCCCCCCCC)COP(=O)(O)OC[C@@H](O)COP(=O)(O)OC[C@@H](COC(=O)CCCCCCCCCCCC)OC(=O)CCCCCCCCCC(C)C. The van der Waals surface area contributed by atoms with Crippen LogP contribution in [0.5, 0.6) is 0 Å². The van der Waals surface area contributed by atoms with Gasteiger partial charge in [0.05, 0.1) is 26.4 Å². The number of carbonyl (C=O) groups excluding carboxylic acids is 4. The summed E-state index contributed by atoms with van der Waals surface area (Å²) in [6, 6.07) is 0. The Labute approximate surface area is 594 Å². The Hall–Kier alpha value is -1.94. The van der Waals surface area contributed by atoms with Crippen molar-refractivity contribution in [3.8, 4) is 0 Å². The van der Waals surface area contributed by atoms with Gasteiger partial charge >= 0.3 is 39.5 Å². The van der Waals surface area contributed by atoms with Crippen molar-refractivity contribution >= 4 is 39.5 Å². The second-order valence-electron chi connectivity index (χ2n) is 28.6. The van der Waals surface area contributed by atoms with Gasteiger partial charge in [0.1, 0.15) is 19.3 Å². The highest BCUT2D eigenvalue weighted by atomic mass is 31.2. The van der Waals surface area contributed by atoms with E-state index in [9.17, 15) is 43.2 Å². The smallest absolute Gasteiger partial charge is 0.462 e. The zero-order chi connectivity index (χ0) is 71.2. The summed E-state index contributed by atoms with van der Waals surface area (Å²) in [5.41, 5.74) is 0. The van der Waals surface area contributed by atoms with Crippen molar-refractivity contribution in [3.05, 3.63) is 0 Å². The number of ether oxygens (including phenoxy) is 4. The number of aliphatic hydroxyl groups is 1. The number of unbranched alkanes of at least 4 members (excludes halogenated alkanes) is 50. The number of phosphoric acid groups is 2. The Morgan fingerprint density at radius 1 is 0.278 bits per heavy atom. The minimum atomic E-state index is -4.96. The summed E-state index contributed by atoms with van der Waals surface area (Å²) in [5.74, 6) is -1.42. The zero-order valence-electron chi connectivity index (χ0n) is 63.2. The van der Waals surface area contributed by atoms with E-state index in [4.69, 9.17) is 37.0 Å². The number of aliphatic hydroxyl groups excluding tert-OH is 1. The molecular formula is C78H152O17P2. The fourth-order valence-electron chi connectivity index (χ4n) is 12.1. The lowest BCUT2D eigenvalue weighted by Crippen LogP contribution is -2.30.